The number of aromatic nitrogens is 2. The molecule has 0 bridgehead atoms. The molecular formula is C20H23N3O2S. The Balaban J connectivity index is 1.85. The summed E-state index contributed by atoms with van der Waals surface area (Å²) in [6, 6.07) is 14.0. The van der Waals surface area contributed by atoms with Crippen molar-refractivity contribution in [1.82, 2.24) is 14.5 Å². The molecular weight excluding hydrogens is 346 g/mol. The summed E-state index contributed by atoms with van der Waals surface area (Å²) in [6.45, 7) is 6.03. The first-order chi connectivity index (χ1) is 12.7. The lowest BCUT2D eigenvalue weighted by Crippen LogP contribution is -2.31. The standard InChI is InChI=1S/C20H23N3O2S/c1-3-22(4-2)19(24)15-26-20-21-13-18(16-9-6-5-7-10-16)23(20)14-17-11-8-12-25-17/h5-13H,3-4,14-15H2,1-2H3. The molecule has 3 aromatic rings. The van der Waals surface area contributed by atoms with Crippen LogP contribution in [0.3, 0.4) is 0 Å². The first-order valence-corrected chi connectivity index (χ1v) is 9.75. The summed E-state index contributed by atoms with van der Waals surface area (Å²) in [4.78, 5) is 18.7. The Morgan fingerprint density at radius 1 is 1.15 bits per heavy atom. The number of nitrogens with zero attached hydrogens (tertiary/aromatic N) is 3. The van der Waals surface area contributed by atoms with Crippen LogP contribution < -0.4 is 0 Å². The highest BCUT2D eigenvalue weighted by Gasteiger charge is 2.16. The highest BCUT2D eigenvalue weighted by molar-refractivity contribution is 7.99. The number of carbonyl (C=O) groups is 1. The number of hydrogen-bond donors (Lipinski definition) is 0. The first kappa shape index (κ1) is 18.3. The second kappa shape index (κ2) is 8.76. The van der Waals surface area contributed by atoms with E-state index in [0.29, 0.717) is 12.3 Å². The van der Waals surface area contributed by atoms with E-state index < -0.39 is 0 Å². The molecule has 0 aliphatic heterocycles. The minimum Gasteiger partial charge on any atom is -0.467 e. The molecule has 0 unspecified atom stereocenters. The van der Waals surface area contributed by atoms with Gasteiger partial charge in [-0.1, -0.05) is 42.1 Å². The normalized spacial score (nSPS) is 10.8. The van der Waals surface area contributed by atoms with Crippen molar-refractivity contribution in [3.8, 4) is 11.3 Å². The highest BCUT2D eigenvalue weighted by atomic mass is 32.2. The van der Waals surface area contributed by atoms with Gasteiger partial charge in [0.25, 0.3) is 0 Å². The molecule has 0 aliphatic carbocycles. The molecule has 26 heavy (non-hydrogen) atoms. The van der Waals surface area contributed by atoms with Crippen molar-refractivity contribution in [2.75, 3.05) is 18.8 Å². The summed E-state index contributed by atoms with van der Waals surface area (Å²) in [5.74, 6) is 1.37. The number of benzene rings is 1. The van der Waals surface area contributed by atoms with Gasteiger partial charge >= 0.3 is 0 Å². The number of rotatable bonds is 8. The molecule has 1 amide bonds. The maximum Gasteiger partial charge on any atom is 0.233 e. The summed E-state index contributed by atoms with van der Waals surface area (Å²) in [5.41, 5.74) is 2.10. The van der Waals surface area contributed by atoms with Crippen LogP contribution in [-0.2, 0) is 11.3 Å². The van der Waals surface area contributed by atoms with Crippen molar-refractivity contribution in [2.24, 2.45) is 0 Å². The third-order valence-corrected chi connectivity index (χ3v) is 5.20. The SMILES string of the molecule is CCN(CC)C(=O)CSc1ncc(-c2ccccc2)n1Cc1ccco1. The minimum atomic E-state index is 0.133. The zero-order valence-electron chi connectivity index (χ0n) is 15.1. The number of amides is 1. The van der Waals surface area contributed by atoms with Crippen LogP contribution in [0.5, 0.6) is 0 Å². The van der Waals surface area contributed by atoms with Gasteiger partial charge in [-0.25, -0.2) is 4.98 Å². The predicted molar refractivity (Wildman–Crippen MR) is 104 cm³/mol. The number of hydrogen-bond acceptors (Lipinski definition) is 4. The van der Waals surface area contributed by atoms with Crippen LogP contribution in [0.4, 0.5) is 0 Å². The van der Waals surface area contributed by atoms with E-state index in [4.69, 9.17) is 4.42 Å². The third kappa shape index (κ3) is 4.19. The van der Waals surface area contributed by atoms with Gasteiger partial charge < -0.3 is 13.9 Å². The molecule has 0 aliphatic rings. The van der Waals surface area contributed by atoms with Crippen molar-refractivity contribution in [3.05, 3.63) is 60.7 Å². The van der Waals surface area contributed by atoms with Crippen molar-refractivity contribution < 1.29 is 9.21 Å². The third-order valence-electron chi connectivity index (χ3n) is 4.22. The van der Waals surface area contributed by atoms with Gasteiger partial charge in [-0.05, 0) is 31.5 Å². The molecule has 6 heteroatoms. The first-order valence-electron chi connectivity index (χ1n) is 8.76. The highest BCUT2D eigenvalue weighted by Crippen LogP contribution is 2.27. The smallest absolute Gasteiger partial charge is 0.233 e. The molecule has 0 radical (unpaired) electrons. The van der Waals surface area contributed by atoms with Crippen LogP contribution in [0.2, 0.25) is 0 Å². The molecule has 136 valence electrons. The predicted octanol–water partition coefficient (Wildman–Crippen LogP) is 4.15. The lowest BCUT2D eigenvalue weighted by molar-refractivity contribution is -0.127. The van der Waals surface area contributed by atoms with Crippen LogP contribution in [-0.4, -0.2) is 39.2 Å². The Morgan fingerprint density at radius 2 is 1.92 bits per heavy atom. The largest absolute Gasteiger partial charge is 0.467 e. The molecule has 0 spiro atoms. The van der Waals surface area contributed by atoms with E-state index in [9.17, 15) is 4.79 Å². The van der Waals surface area contributed by atoms with Gasteiger partial charge in [-0.15, -0.1) is 0 Å². The van der Waals surface area contributed by atoms with Gasteiger partial charge in [0.15, 0.2) is 5.16 Å². The molecule has 0 atom stereocenters. The minimum absolute atomic E-state index is 0.133. The zero-order valence-corrected chi connectivity index (χ0v) is 15.9. The molecule has 2 aromatic heterocycles. The topological polar surface area (TPSA) is 51.3 Å². The molecule has 0 saturated heterocycles. The van der Waals surface area contributed by atoms with E-state index in [1.54, 1.807) is 6.26 Å². The number of imidazole rings is 1. The molecule has 0 N–H and O–H groups in total. The Labute approximate surface area is 158 Å². The maximum atomic E-state index is 12.3. The monoisotopic (exact) mass is 369 g/mol. The summed E-state index contributed by atoms with van der Waals surface area (Å²) in [6.07, 6.45) is 3.54. The van der Waals surface area contributed by atoms with Crippen molar-refractivity contribution in [2.45, 2.75) is 25.5 Å². The number of furan rings is 1. The van der Waals surface area contributed by atoms with Crippen molar-refractivity contribution >= 4 is 17.7 Å². The molecule has 5 nitrogen and oxygen atoms in total. The van der Waals surface area contributed by atoms with Gasteiger partial charge in [-0.2, -0.15) is 0 Å². The van der Waals surface area contributed by atoms with Gasteiger partial charge in [-0.3, -0.25) is 4.79 Å². The second-order valence-electron chi connectivity index (χ2n) is 5.81. The lowest BCUT2D eigenvalue weighted by Gasteiger charge is -2.18. The van der Waals surface area contributed by atoms with Crippen LogP contribution in [0.15, 0.2) is 64.5 Å². The molecule has 1 aromatic carbocycles. The molecule has 0 fully saturated rings. The van der Waals surface area contributed by atoms with Gasteiger partial charge in [0, 0.05) is 13.1 Å². The Morgan fingerprint density at radius 3 is 2.58 bits per heavy atom. The van der Waals surface area contributed by atoms with Crippen LogP contribution in [0.25, 0.3) is 11.3 Å². The van der Waals surface area contributed by atoms with Crippen LogP contribution >= 0.6 is 11.8 Å². The fraction of sp³-hybridized carbons (Fsp3) is 0.300. The lowest BCUT2D eigenvalue weighted by atomic mass is 10.2. The maximum absolute atomic E-state index is 12.3. The van der Waals surface area contributed by atoms with E-state index in [2.05, 4.69) is 21.7 Å². The summed E-state index contributed by atoms with van der Waals surface area (Å²) in [5, 5.41) is 0.820. The van der Waals surface area contributed by atoms with E-state index in [1.165, 1.54) is 11.8 Å². The number of thioether (sulfide) groups is 1. The van der Waals surface area contributed by atoms with Crippen LogP contribution in [0.1, 0.15) is 19.6 Å². The van der Waals surface area contributed by atoms with Gasteiger partial charge in [0.05, 0.1) is 30.5 Å². The van der Waals surface area contributed by atoms with E-state index in [-0.39, 0.29) is 5.91 Å². The second-order valence-corrected chi connectivity index (χ2v) is 6.75. The Hall–Kier alpha value is -2.47. The van der Waals surface area contributed by atoms with E-state index in [0.717, 1.165) is 35.3 Å². The fourth-order valence-corrected chi connectivity index (χ4v) is 3.70. The summed E-state index contributed by atoms with van der Waals surface area (Å²) in [7, 11) is 0. The van der Waals surface area contributed by atoms with Crippen molar-refractivity contribution in [3.63, 3.8) is 0 Å². The average molecular weight is 369 g/mol. The van der Waals surface area contributed by atoms with Crippen LogP contribution in [0, 0.1) is 0 Å². The molecule has 3 rings (SSSR count). The quantitative estimate of drug-likeness (QED) is 0.560. The zero-order chi connectivity index (χ0) is 18.4. The fourth-order valence-electron chi connectivity index (χ4n) is 2.82. The molecule has 0 saturated carbocycles. The summed E-state index contributed by atoms with van der Waals surface area (Å²) >= 11 is 1.47. The van der Waals surface area contributed by atoms with Gasteiger partial charge in [0.2, 0.25) is 5.91 Å². The van der Waals surface area contributed by atoms with E-state index >= 15 is 0 Å². The Kier molecular flexibility index (Phi) is 6.17. The van der Waals surface area contributed by atoms with E-state index in [1.807, 2.05) is 55.3 Å². The molecule has 2 heterocycles. The van der Waals surface area contributed by atoms with Gasteiger partial charge in [0.1, 0.15) is 5.76 Å². The number of carbonyl (C=O) groups excluding carboxylic acids is 1. The summed E-state index contributed by atoms with van der Waals surface area (Å²) < 4.78 is 7.62. The average Bonchev–Trinajstić information content (AvgIpc) is 3.32. The Bertz CT molecular complexity index is 824. The van der Waals surface area contributed by atoms with Crippen molar-refractivity contribution in [1.29, 1.82) is 0 Å².